The Labute approximate surface area is 224 Å². The summed E-state index contributed by atoms with van der Waals surface area (Å²) in [7, 11) is 1.42. The molecule has 0 aliphatic carbocycles. The van der Waals surface area contributed by atoms with Crippen molar-refractivity contribution in [1.29, 1.82) is 0 Å². The number of methoxy groups -OCH3 is 1. The Morgan fingerprint density at radius 2 is 1.80 bits per heavy atom. The summed E-state index contributed by atoms with van der Waals surface area (Å²) in [5, 5.41) is 0. The van der Waals surface area contributed by atoms with Gasteiger partial charge in [-0.05, 0) is 48.4 Å². The minimum atomic E-state index is -5.26. The highest BCUT2D eigenvalue weighted by Crippen LogP contribution is 2.32. The van der Waals surface area contributed by atoms with E-state index in [1.54, 1.807) is 42.2 Å². The molecule has 1 atom stereocenters. The van der Waals surface area contributed by atoms with Crippen LogP contribution in [0, 0.1) is 6.92 Å². The van der Waals surface area contributed by atoms with Gasteiger partial charge in [0.2, 0.25) is 0 Å². The fraction of sp³-hybridized carbons (Fsp3) is 0.296. The van der Waals surface area contributed by atoms with E-state index in [1.165, 1.54) is 30.2 Å². The van der Waals surface area contributed by atoms with Gasteiger partial charge in [-0.25, -0.2) is 9.78 Å². The molecular formula is C27H23F6N3O4. The van der Waals surface area contributed by atoms with Crippen LogP contribution in [0.15, 0.2) is 60.6 Å². The van der Waals surface area contributed by atoms with Crippen LogP contribution in [0.4, 0.5) is 26.3 Å². The van der Waals surface area contributed by atoms with Crippen LogP contribution in [0.5, 0.6) is 5.75 Å². The van der Waals surface area contributed by atoms with Crippen molar-refractivity contribution in [3.8, 4) is 11.4 Å². The Hall–Kier alpha value is -4.29. The number of alkyl halides is 6. The number of rotatable bonds is 6. The zero-order valence-electron chi connectivity index (χ0n) is 21.2. The van der Waals surface area contributed by atoms with Crippen LogP contribution in [0.2, 0.25) is 0 Å². The Balaban J connectivity index is 1.65. The molecule has 1 unspecified atom stereocenters. The van der Waals surface area contributed by atoms with E-state index in [9.17, 15) is 35.9 Å². The maximum absolute atomic E-state index is 13.4. The van der Waals surface area contributed by atoms with Crippen molar-refractivity contribution in [2.24, 2.45) is 0 Å². The van der Waals surface area contributed by atoms with Gasteiger partial charge in [0.1, 0.15) is 11.9 Å². The third-order valence-corrected chi connectivity index (χ3v) is 6.19. The average molecular weight is 567 g/mol. The number of hydrogen-bond acceptors (Lipinski definition) is 5. The Morgan fingerprint density at radius 1 is 1.10 bits per heavy atom. The zero-order chi connectivity index (χ0) is 29.2. The van der Waals surface area contributed by atoms with Crippen LogP contribution in [0.25, 0.3) is 11.8 Å². The molecule has 0 bridgehead atoms. The highest BCUT2D eigenvalue weighted by molar-refractivity contribution is 6.00. The second-order valence-electron chi connectivity index (χ2n) is 9.06. The predicted molar refractivity (Wildman–Crippen MR) is 130 cm³/mol. The minimum Gasteiger partial charge on any atom is -0.495 e. The molecular weight excluding hydrogens is 544 g/mol. The van der Waals surface area contributed by atoms with E-state index in [-0.39, 0.29) is 25.1 Å². The van der Waals surface area contributed by atoms with E-state index in [0.717, 1.165) is 17.8 Å². The van der Waals surface area contributed by atoms with Gasteiger partial charge in [-0.1, -0.05) is 18.2 Å². The summed E-state index contributed by atoms with van der Waals surface area (Å²) < 4.78 is 89.4. The van der Waals surface area contributed by atoms with Crippen LogP contribution < -0.4 is 4.74 Å². The molecule has 212 valence electrons. The zero-order valence-corrected chi connectivity index (χ0v) is 21.2. The molecule has 1 fully saturated rings. The Morgan fingerprint density at radius 3 is 2.38 bits per heavy atom. The first kappa shape index (κ1) is 28.7. The van der Waals surface area contributed by atoms with Crippen molar-refractivity contribution in [2.45, 2.75) is 38.3 Å². The smallest absolute Gasteiger partial charge is 0.490 e. The van der Waals surface area contributed by atoms with Crippen LogP contribution in [0.1, 0.15) is 28.8 Å². The normalized spacial score (nSPS) is 17.3. The van der Waals surface area contributed by atoms with E-state index in [1.807, 2.05) is 0 Å². The molecule has 0 radical (unpaired) electrons. The lowest BCUT2D eigenvalue weighted by Crippen LogP contribution is -2.45. The molecule has 2 heterocycles. The summed E-state index contributed by atoms with van der Waals surface area (Å²) in [6.45, 7) is 1.61. The maximum Gasteiger partial charge on any atom is 0.490 e. The molecule has 1 aliphatic rings. The summed E-state index contributed by atoms with van der Waals surface area (Å²) in [5.41, 5.74) is 1.05. The number of carbonyl (C=O) groups is 2. The fourth-order valence-electron chi connectivity index (χ4n) is 4.22. The number of amides is 1. The molecule has 0 spiro atoms. The quantitative estimate of drug-likeness (QED) is 0.224. The monoisotopic (exact) mass is 567 g/mol. The van der Waals surface area contributed by atoms with E-state index in [0.29, 0.717) is 22.6 Å². The first-order chi connectivity index (χ1) is 18.8. The van der Waals surface area contributed by atoms with E-state index < -0.39 is 35.9 Å². The van der Waals surface area contributed by atoms with Gasteiger partial charge in [0, 0.05) is 25.7 Å². The molecule has 13 heteroatoms. The summed E-state index contributed by atoms with van der Waals surface area (Å²) in [6.07, 6.45) is -6.80. The van der Waals surface area contributed by atoms with Gasteiger partial charge < -0.3 is 18.9 Å². The molecule has 7 nitrogen and oxygen atoms in total. The van der Waals surface area contributed by atoms with Crippen molar-refractivity contribution >= 4 is 18.0 Å². The van der Waals surface area contributed by atoms with E-state index in [4.69, 9.17) is 4.74 Å². The van der Waals surface area contributed by atoms with Crippen LogP contribution in [0.3, 0.4) is 0 Å². The van der Waals surface area contributed by atoms with Gasteiger partial charge in [0.15, 0.2) is 0 Å². The largest absolute Gasteiger partial charge is 0.495 e. The number of aryl methyl sites for hydroxylation is 1. The van der Waals surface area contributed by atoms with Crippen molar-refractivity contribution < 1.29 is 45.4 Å². The number of imidazole rings is 1. The molecule has 3 aromatic rings. The molecule has 0 N–H and O–H groups in total. The number of esters is 1. The molecule has 1 aliphatic heterocycles. The SMILES string of the molecule is COc1cc(/C=C2/C(=O)N(Cc3ccc(C(F)(F)F)cc3)CCC2OC(=O)C(F)(F)F)ccc1-n1cnc(C)c1. The number of nitrogens with zero attached hydrogens (tertiary/aromatic N) is 3. The minimum absolute atomic E-state index is 0.0881. The number of piperidine rings is 1. The van der Waals surface area contributed by atoms with Crippen LogP contribution in [-0.2, 0) is 27.0 Å². The third-order valence-electron chi connectivity index (χ3n) is 6.19. The summed E-state index contributed by atoms with van der Waals surface area (Å²) in [5.74, 6) is -2.78. The average Bonchev–Trinajstić information content (AvgIpc) is 3.32. The van der Waals surface area contributed by atoms with Crippen molar-refractivity contribution in [3.63, 3.8) is 0 Å². The fourth-order valence-corrected chi connectivity index (χ4v) is 4.22. The molecule has 0 saturated carbocycles. The van der Waals surface area contributed by atoms with Gasteiger partial charge >= 0.3 is 18.3 Å². The first-order valence-electron chi connectivity index (χ1n) is 11.9. The predicted octanol–water partition coefficient (Wildman–Crippen LogP) is 5.50. The highest BCUT2D eigenvalue weighted by Gasteiger charge is 2.44. The topological polar surface area (TPSA) is 73.7 Å². The maximum atomic E-state index is 13.4. The second kappa shape index (κ2) is 11.1. The van der Waals surface area contributed by atoms with Gasteiger partial charge in [0.25, 0.3) is 5.91 Å². The lowest BCUT2D eigenvalue weighted by atomic mass is 9.96. The Kier molecular flexibility index (Phi) is 7.94. The highest BCUT2D eigenvalue weighted by atomic mass is 19.4. The van der Waals surface area contributed by atoms with Gasteiger partial charge in [0.05, 0.1) is 36.0 Å². The molecule has 1 aromatic heterocycles. The third kappa shape index (κ3) is 6.46. The number of carbonyl (C=O) groups excluding carboxylic acids is 2. The summed E-state index contributed by atoms with van der Waals surface area (Å²) >= 11 is 0. The first-order valence-corrected chi connectivity index (χ1v) is 11.9. The molecule has 2 aromatic carbocycles. The standard InChI is InChI=1S/C27H23F6N3O4/c1-16-13-36(15-34-16)21-8-5-18(12-23(21)39-2)11-20-22(40-25(38)27(31,32)33)9-10-35(24(20)37)14-17-3-6-19(7-4-17)26(28,29)30/h3-8,11-13,15,22H,9-10,14H2,1-2H3/b20-11+. The van der Waals surface area contributed by atoms with Crippen LogP contribution in [-0.4, -0.2) is 52.3 Å². The number of halogens is 6. The van der Waals surface area contributed by atoms with Crippen molar-refractivity contribution in [1.82, 2.24) is 14.5 Å². The molecule has 40 heavy (non-hydrogen) atoms. The number of benzene rings is 2. The number of aromatic nitrogens is 2. The molecule has 4 rings (SSSR count). The van der Waals surface area contributed by atoms with E-state index >= 15 is 0 Å². The van der Waals surface area contributed by atoms with Crippen LogP contribution >= 0.6 is 0 Å². The van der Waals surface area contributed by atoms with Gasteiger partial charge in [-0.2, -0.15) is 26.3 Å². The Bertz CT molecular complexity index is 1430. The van der Waals surface area contributed by atoms with Crippen molar-refractivity contribution in [2.75, 3.05) is 13.7 Å². The van der Waals surface area contributed by atoms with Crippen molar-refractivity contribution in [3.05, 3.63) is 82.9 Å². The molecule has 1 saturated heterocycles. The van der Waals surface area contributed by atoms with Gasteiger partial charge in [-0.15, -0.1) is 0 Å². The van der Waals surface area contributed by atoms with Gasteiger partial charge in [-0.3, -0.25) is 4.79 Å². The lowest BCUT2D eigenvalue weighted by molar-refractivity contribution is -0.204. The number of hydrogen-bond donors (Lipinski definition) is 0. The summed E-state index contributed by atoms with van der Waals surface area (Å²) in [4.78, 5) is 30.4. The number of ether oxygens (including phenoxy) is 2. The lowest BCUT2D eigenvalue weighted by Gasteiger charge is -2.33. The second-order valence-corrected chi connectivity index (χ2v) is 9.06. The molecule has 1 amide bonds. The summed E-state index contributed by atoms with van der Waals surface area (Å²) in [6, 6.07) is 9.02. The van der Waals surface area contributed by atoms with E-state index in [2.05, 4.69) is 9.72 Å². The number of likely N-dealkylation sites (tertiary alicyclic amines) is 1.